The van der Waals surface area contributed by atoms with Gasteiger partial charge in [0.2, 0.25) is 5.91 Å². The fraction of sp³-hybridized carbons (Fsp3) is 0.182. The molecule has 0 spiro atoms. The van der Waals surface area contributed by atoms with Crippen molar-refractivity contribution in [3.8, 4) is 5.75 Å². The first kappa shape index (κ1) is 17.5. The van der Waals surface area contributed by atoms with E-state index in [1.165, 1.54) is 4.90 Å². The van der Waals surface area contributed by atoms with E-state index >= 15 is 0 Å². The van der Waals surface area contributed by atoms with Gasteiger partial charge in [0.1, 0.15) is 23.5 Å². The SMILES string of the molecule is COc1ccc(N2C(=O)C3ON(c4ccccc4)C(c4ccco4)C3C2=O)cc1. The van der Waals surface area contributed by atoms with E-state index in [2.05, 4.69) is 0 Å². The molecule has 3 unspecified atom stereocenters. The summed E-state index contributed by atoms with van der Waals surface area (Å²) in [6.45, 7) is 0. The van der Waals surface area contributed by atoms with Gasteiger partial charge in [0.15, 0.2) is 6.10 Å². The maximum atomic E-state index is 13.4. The number of para-hydroxylation sites is 1. The minimum Gasteiger partial charge on any atom is -0.497 e. The van der Waals surface area contributed by atoms with Crippen LogP contribution < -0.4 is 14.7 Å². The van der Waals surface area contributed by atoms with Crippen LogP contribution in [0.15, 0.2) is 77.4 Å². The number of benzene rings is 2. The molecular formula is C22H18N2O5. The second-order valence-corrected chi connectivity index (χ2v) is 6.88. The molecule has 2 fully saturated rings. The summed E-state index contributed by atoms with van der Waals surface area (Å²) in [6, 6.07) is 19.2. The molecule has 2 aliphatic heterocycles. The average molecular weight is 390 g/mol. The molecule has 2 saturated heterocycles. The third kappa shape index (κ3) is 2.70. The summed E-state index contributed by atoms with van der Waals surface area (Å²) >= 11 is 0. The normalized spacial score (nSPS) is 23.6. The number of methoxy groups -OCH3 is 1. The molecule has 29 heavy (non-hydrogen) atoms. The lowest BCUT2D eigenvalue weighted by atomic mass is 9.94. The topological polar surface area (TPSA) is 72.2 Å². The van der Waals surface area contributed by atoms with E-state index in [0.717, 1.165) is 5.69 Å². The number of imide groups is 1. The van der Waals surface area contributed by atoms with Crippen LogP contribution in [-0.4, -0.2) is 25.0 Å². The van der Waals surface area contributed by atoms with Gasteiger partial charge < -0.3 is 9.15 Å². The van der Waals surface area contributed by atoms with Gasteiger partial charge in [-0.3, -0.25) is 14.4 Å². The van der Waals surface area contributed by atoms with Crippen LogP contribution in [0.3, 0.4) is 0 Å². The van der Waals surface area contributed by atoms with Gasteiger partial charge in [-0.15, -0.1) is 0 Å². The molecule has 0 bridgehead atoms. The summed E-state index contributed by atoms with van der Waals surface area (Å²) < 4.78 is 10.8. The Labute approximate surface area is 167 Å². The van der Waals surface area contributed by atoms with Crippen LogP contribution in [0.4, 0.5) is 11.4 Å². The van der Waals surface area contributed by atoms with Crippen LogP contribution in [0.25, 0.3) is 0 Å². The number of ether oxygens (including phenoxy) is 1. The van der Waals surface area contributed by atoms with Crippen molar-refractivity contribution in [2.75, 3.05) is 17.1 Å². The molecule has 2 aliphatic rings. The number of carbonyl (C=O) groups is 2. The fourth-order valence-corrected chi connectivity index (χ4v) is 3.95. The van der Waals surface area contributed by atoms with Crippen LogP contribution in [-0.2, 0) is 14.4 Å². The van der Waals surface area contributed by atoms with E-state index in [-0.39, 0.29) is 11.8 Å². The number of rotatable bonds is 4. The van der Waals surface area contributed by atoms with E-state index < -0.39 is 18.1 Å². The van der Waals surface area contributed by atoms with Crippen molar-refractivity contribution >= 4 is 23.2 Å². The molecule has 2 amide bonds. The molecule has 3 heterocycles. The van der Waals surface area contributed by atoms with Gasteiger partial charge in [0, 0.05) is 0 Å². The minimum atomic E-state index is -0.917. The Morgan fingerprint density at radius 2 is 1.62 bits per heavy atom. The Morgan fingerprint density at radius 1 is 0.862 bits per heavy atom. The average Bonchev–Trinajstić information content (AvgIpc) is 3.47. The van der Waals surface area contributed by atoms with Gasteiger partial charge in [-0.1, -0.05) is 18.2 Å². The lowest BCUT2D eigenvalue weighted by Gasteiger charge is -2.27. The molecule has 5 rings (SSSR count). The van der Waals surface area contributed by atoms with Crippen molar-refractivity contribution in [1.82, 2.24) is 0 Å². The van der Waals surface area contributed by atoms with Gasteiger partial charge in [-0.05, 0) is 48.5 Å². The third-order valence-corrected chi connectivity index (χ3v) is 5.29. The second-order valence-electron chi connectivity index (χ2n) is 6.88. The van der Waals surface area contributed by atoms with Crippen molar-refractivity contribution < 1.29 is 23.6 Å². The van der Waals surface area contributed by atoms with Crippen LogP contribution in [0.5, 0.6) is 5.75 Å². The van der Waals surface area contributed by atoms with Crippen molar-refractivity contribution in [2.24, 2.45) is 5.92 Å². The molecule has 0 N–H and O–H groups in total. The Bertz CT molecular complexity index is 1030. The highest BCUT2D eigenvalue weighted by molar-refractivity contribution is 6.23. The summed E-state index contributed by atoms with van der Waals surface area (Å²) in [7, 11) is 1.56. The highest BCUT2D eigenvalue weighted by atomic mass is 16.7. The summed E-state index contributed by atoms with van der Waals surface area (Å²) in [4.78, 5) is 33.7. The first-order valence-corrected chi connectivity index (χ1v) is 9.25. The highest BCUT2D eigenvalue weighted by Gasteiger charge is 2.61. The van der Waals surface area contributed by atoms with Gasteiger partial charge in [0.25, 0.3) is 5.91 Å². The van der Waals surface area contributed by atoms with E-state index in [9.17, 15) is 9.59 Å². The van der Waals surface area contributed by atoms with Crippen molar-refractivity contribution in [3.63, 3.8) is 0 Å². The van der Waals surface area contributed by atoms with E-state index in [1.54, 1.807) is 54.8 Å². The largest absolute Gasteiger partial charge is 0.497 e. The number of anilines is 2. The number of hydrogen-bond acceptors (Lipinski definition) is 6. The summed E-state index contributed by atoms with van der Waals surface area (Å²) in [5.41, 5.74) is 1.24. The molecule has 2 aromatic carbocycles. The number of furan rings is 1. The smallest absolute Gasteiger partial charge is 0.266 e. The third-order valence-electron chi connectivity index (χ3n) is 5.29. The number of hydroxylamine groups is 1. The molecule has 3 atom stereocenters. The van der Waals surface area contributed by atoms with Crippen LogP contribution >= 0.6 is 0 Å². The van der Waals surface area contributed by atoms with E-state index in [0.29, 0.717) is 17.2 Å². The van der Waals surface area contributed by atoms with Gasteiger partial charge in [-0.2, -0.15) is 0 Å². The zero-order valence-electron chi connectivity index (χ0n) is 15.6. The number of carbonyl (C=O) groups excluding carboxylic acids is 2. The molecular weight excluding hydrogens is 372 g/mol. The predicted molar refractivity (Wildman–Crippen MR) is 104 cm³/mol. The first-order chi connectivity index (χ1) is 14.2. The first-order valence-electron chi connectivity index (χ1n) is 9.25. The fourth-order valence-electron chi connectivity index (χ4n) is 3.95. The predicted octanol–water partition coefficient (Wildman–Crippen LogP) is 3.34. The monoisotopic (exact) mass is 390 g/mol. The number of amides is 2. The summed E-state index contributed by atoms with van der Waals surface area (Å²) in [5, 5.41) is 1.61. The van der Waals surface area contributed by atoms with E-state index in [1.807, 2.05) is 30.3 Å². The van der Waals surface area contributed by atoms with Crippen molar-refractivity contribution in [3.05, 3.63) is 78.8 Å². The minimum absolute atomic E-state index is 0.315. The van der Waals surface area contributed by atoms with Crippen LogP contribution in [0.2, 0.25) is 0 Å². The zero-order chi connectivity index (χ0) is 20.0. The van der Waals surface area contributed by atoms with Gasteiger partial charge in [-0.25, -0.2) is 9.96 Å². The molecule has 0 saturated carbocycles. The van der Waals surface area contributed by atoms with Crippen molar-refractivity contribution in [2.45, 2.75) is 12.1 Å². The summed E-state index contributed by atoms with van der Waals surface area (Å²) in [6.07, 6.45) is 0.633. The Hall–Kier alpha value is -3.58. The van der Waals surface area contributed by atoms with Gasteiger partial charge >= 0.3 is 0 Å². The Balaban J connectivity index is 1.54. The van der Waals surface area contributed by atoms with E-state index in [4.69, 9.17) is 14.0 Å². The zero-order valence-corrected chi connectivity index (χ0v) is 15.6. The highest BCUT2D eigenvalue weighted by Crippen LogP contribution is 2.47. The maximum absolute atomic E-state index is 13.4. The lowest BCUT2D eigenvalue weighted by Crippen LogP contribution is -2.37. The quantitative estimate of drug-likeness (QED) is 0.637. The second kappa shape index (κ2) is 6.79. The molecule has 7 nitrogen and oxygen atoms in total. The number of fused-ring (bicyclic) bond motifs is 1. The standard InChI is InChI=1S/C22H18N2O5/c1-27-16-11-9-14(10-12-16)23-21(25)18-19(17-8-5-13-28-17)24(29-20(18)22(23)26)15-6-3-2-4-7-15/h2-13,18-20H,1H3. The molecule has 0 radical (unpaired) electrons. The van der Waals surface area contributed by atoms with Gasteiger partial charge in [0.05, 0.1) is 24.7 Å². The molecule has 0 aliphatic carbocycles. The van der Waals surface area contributed by atoms with Crippen molar-refractivity contribution in [1.29, 1.82) is 0 Å². The number of nitrogens with zero attached hydrogens (tertiary/aromatic N) is 2. The maximum Gasteiger partial charge on any atom is 0.266 e. The summed E-state index contributed by atoms with van der Waals surface area (Å²) in [5.74, 6) is -0.201. The molecule has 1 aromatic heterocycles. The lowest BCUT2D eigenvalue weighted by molar-refractivity contribution is -0.126. The van der Waals surface area contributed by atoms with Crippen LogP contribution in [0, 0.1) is 5.92 Å². The molecule has 3 aromatic rings. The molecule has 7 heteroatoms. The Kier molecular flexibility index (Phi) is 4.10. The number of hydrogen-bond donors (Lipinski definition) is 0. The Morgan fingerprint density at radius 3 is 2.28 bits per heavy atom. The molecule has 146 valence electrons. The van der Waals surface area contributed by atoms with Crippen LogP contribution in [0.1, 0.15) is 11.8 Å².